The number of carbonyl (C=O) groups excluding carboxylic acids is 1. The lowest BCUT2D eigenvalue weighted by molar-refractivity contribution is -0.209. The van der Waals surface area contributed by atoms with E-state index >= 15 is 0 Å². The highest BCUT2D eigenvalue weighted by Crippen LogP contribution is 2.39. The van der Waals surface area contributed by atoms with Gasteiger partial charge in [0.25, 0.3) is 0 Å². The second-order valence-corrected chi connectivity index (χ2v) is 9.90. The molecule has 5 nitrogen and oxygen atoms in total. The lowest BCUT2D eigenvalue weighted by Gasteiger charge is -2.22. The summed E-state index contributed by atoms with van der Waals surface area (Å²) in [6.45, 7) is 0. The minimum Gasteiger partial charge on any atom is -0.423 e. The van der Waals surface area contributed by atoms with E-state index < -0.39 is 43.9 Å². The zero-order chi connectivity index (χ0) is 23.6. The molecule has 0 radical (unpaired) electrons. The molecule has 1 unspecified atom stereocenters. The molecule has 0 aliphatic heterocycles. The fourth-order valence-corrected chi connectivity index (χ4v) is 5.33. The molecule has 11 heteroatoms. The summed E-state index contributed by atoms with van der Waals surface area (Å²) in [5, 5.41) is -5.61. The monoisotopic (exact) mass is 487 g/mol. The van der Waals surface area contributed by atoms with E-state index in [1.165, 1.54) is 12.1 Å². The topological polar surface area (TPSA) is 80.7 Å². The quantitative estimate of drug-likeness (QED) is 0.178. The first kappa shape index (κ1) is 23.8. The SMILES string of the molecule is O=C(Oc1ccc([S+](c2ccccc2)c2ccccc2)cc1)C(F)(C(F)(F)F)S(=O)(=O)O. The summed E-state index contributed by atoms with van der Waals surface area (Å²) in [4.78, 5) is 14.3. The third-order valence-electron chi connectivity index (χ3n) is 4.21. The highest BCUT2D eigenvalue weighted by molar-refractivity contribution is 7.97. The summed E-state index contributed by atoms with van der Waals surface area (Å²) in [5.74, 6) is -3.34. The molecule has 3 aromatic carbocycles. The van der Waals surface area contributed by atoms with Crippen LogP contribution in [0.5, 0.6) is 5.75 Å². The minimum absolute atomic E-state index is 0.529. The Morgan fingerprint density at radius 2 is 1.16 bits per heavy atom. The summed E-state index contributed by atoms with van der Waals surface area (Å²) in [6, 6.07) is 23.8. The van der Waals surface area contributed by atoms with Crippen LogP contribution < -0.4 is 4.74 Å². The average Bonchev–Trinajstić information content (AvgIpc) is 2.74. The molecule has 3 aromatic rings. The van der Waals surface area contributed by atoms with E-state index in [4.69, 9.17) is 4.55 Å². The third-order valence-corrected chi connectivity index (χ3v) is 7.55. The minimum atomic E-state index is -6.50. The Balaban J connectivity index is 1.93. The molecule has 3 rings (SSSR count). The highest BCUT2D eigenvalue weighted by atomic mass is 32.2. The Hall–Kier alpha value is -2.89. The van der Waals surface area contributed by atoms with Crippen molar-refractivity contribution in [3.63, 3.8) is 0 Å². The van der Waals surface area contributed by atoms with Gasteiger partial charge in [-0.25, -0.2) is 9.18 Å². The van der Waals surface area contributed by atoms with E-state index in [2.05, 4.69) is 4.74 Å². The first-order chi connectivity index (χ1) is 14.9. The number of alkyl halides is 4. The molecule has 32 heavy (non-hydrogen) atoms. The number of halogens is 4. The van der Waals surface area contributed by atoms with Crippen LogP contribution in [0.3, 0.4) is 0 Å². The first-order valence-electron chi connectivity index (χ1n) is 8.84. The molecule has 0 saturated heterocycles. The molecule has 0 aromatic heterocycles. The van der Waals surface area contributed by atoms with Crippen LogP contribution in [0, 0.1) is 0 Å². The molecule has 1 N–H and O–H groups in total. The number of ether oxygens (including phenoxy) is 1. The third kappa shape index (κ3) is 4.64. The molecule has 0 saturated carbocycles. The summed E-state index contributed by atoms with van der Waals surface area (Å²) >= 11 is 0. The Bertz CT molecular complexity index is 1140. The van der Waals surface area contributed by atoms with Crippen LogP contribution >= 0.6 is 0 Å². The van der Waals surface area contributed by atoms with Gasteiger partial charge in [0.1, 0.15) is 5.75 Å². The van der Waals surface area contributed by atoms with Gasteiger partial charge in [-0.1, -0.05) is 36.4 Å². The lowest BCUT2D eigenvalue weighted by atomic mass is 10.3. The van der Waals surface area contributed by atoms with E-state index in [-0.39, 0.29) is 0 Å². The summed E-state index contributed by atoms with van der Waals surface area (Å²) < 4.78 is 87.6. The van der Waals surface area contributed by atoms with E-state index in [1.807, 2.05) is 60.7 Å². The van der Waals surface area contributed by atoms with Crippen LogP contribution in [0.1, 0.15) is 0 Å². The van der Waals surface area contributed by atoms with E-state index in [0.29, 0.717) is 4.90 Å². The fraction of sp³-hybridized carbons (Fsp3) is 0.0952. The Morgan fingerprint density at radius 1 is 0.750 bits per heavy atom. The molecule has 0 heterocycles. The van der Waals surface area contributed by atoms with Crippen LogP contribution in [0.15, 0.2) is 99.6 Å². The van der Waals surface area contributed by atoms with Crippen molar-refractivity contribution in [1.29, 1.82) is 0 Å². The van der Waals surface area contributed by atoms with Crippen molar-refractivity contribution in [2.24, 2.45) is 0 Å². The van der Waals surface area contributed by atoms with E-state index in [0.717, 1.165) is 21.9 Å². The predicted octanol–water partition coefficient (Wildman–Crippen LogP) is 4.80. The van der Waals surface area contributed by atoms with Gasteiger partial charge in [0.2, 0.25) is 0 Å². The normalized spacial score (nSPS) is 14.1. The molecular weight excluding hydrogens is 472 g/mol. The van der Waals surface area contributed by atoms with Gasteiger partial charge in [0.05, 0.1) is 10.9 Å². The Morgan fingerprint density at radius 3 is 1.53 bits per heavy atom. The van der Waals surface area contributed by atoms with Gasteiger partial charge < -0.3 is 4.74 Å². The number of benzene rings is 3. The van der Waals surface area contributed by atoms with Gasteiger partial charge in [-0.15, -0.1) is 0 Å². The summed E-state index contributed by atoms with van der Waals surface area (Å²) in [7, 11) is -7.11. The molecule has 168 valence electrons. The van der Waals surface area contributed by atoms with Crippen molar-refractivity contribution in [3.8, 4) is 5.75 Å². The van der Waals surface area contributed by atoms with Crippen LogP contribution in [0.4, 0.5) is 17.6 Å². The second-order valence-electron chi connectivity index (χ2n) is 6.36. The summed E-state index contributed by atoms with van der Waals surface area (Å²) in [5.41, 5.74) is 0. The zero-order valence-corrected chi connectivity index (χ0v) is 17.6. The van der Waals surface area contributed by atoms with Crippen molar-refractivity contribution >= 4 is 27.0 Å². The van der Waals surface area contributed by atoms with Crippen molar-refractivity contribution < 1.29 is 40.1 Å². The molecule has 0 spiro atoms. The van der Waals surface area contributed by atoms with Crippen molar-refractivity contribution in [3.05, 3.63) is 84.9 Å². The summed E-state index contributed by atoms with van der Waals surface area (Å²) in [6.07, 6.45) is -6.25. The molecular formula is C21H15F4O5S2+. The van der Waals surface area contributed by atoms with Gasteiger partial charge in [-0.2, -0.15) is 21.6 Å². The van der Waals surface area contributed by atoms with Gasteiger partial charge in [-0.05, 0) is 48.5 Å². The molecule has 0 aliphatic carbocycles. The maximum absolute atomic E-state index is 14.1. The van der Waals surface area contributed by atoms with Gasteiger partial charge in [-0.3, -0.25) is 4.55 Å². The van der Waals surface area contributed by atoms with Crippen LogP contribution in [0.25, 0.3) is 0 Å². The largest absolute Gasteiger partial charge is 0.451 e. The number of hydrogen-bond donors (Lipinski definition) is 1. The maximum atomic E-state index is 14.1. The van der Waals surface area contributed by atoms with E-state index in [1.54, 1.807) is 0 Å². The van der Waals surface area contributed by atoms with Crippen molar-refractivity contribution in [1.82, 2.24) is 0 Å². The molecule has 0 fully saturated rings. The van der Waals surface area contributed by atoms with Crippen molar-refractivity contribution in [2.45, 2.75) is 25.9 Å². The lowest BCUT2D eigenvalue weighted by Crippen LogP contribution is -2.55. The number of hydrogen-bond acceptors (Lipinski definition) is 4. The Labute approximate surface area is 183 Å². The smallest absolute Gasteiger partial charge is 0.423 e. The zero-order valence-electron chi connectivity index (χ0n) is 16.0. The highest BCUT2D eigenvalue weighted by Gasteiger charge is 2.72. The van der Waals surface area contributed by atoms with Gasteiger partial charge in [0.15, 0.2) is 14.7 Å². The molecule has 1 atom stereocenters. The standard InChI is InChI=1S/C21H14F4O5S2/c22-20(21(23,24)25,32(27,28)29)19(26)30-15-11-13-18(14-12-15)31(16-7-3-1-4-8-16)17-9-5-2-6-10-17/h1-14H/p+1. The van der Waals surface area contributed by atoms with Crippen LogP contribution in [-0.2, 0) is 25.8 Å². The number of esters is 1. The van der Waals surface area contributed by atoms with Gasteiger partial charge in [0, 0.05) is 0 Å². The second kappa shape index (κ2) is 8.93. The number of carbonyl (C=O) groups is 1. The Kier molecular flexibility index (Phi) is 6.63. The average molecular weight is 487 g/mol. The maximum Gasteiger partial charge on any atom is 0.451 e. The molecule has 0 bridgehead atoms. The molecule has 0 amide bonds. The predicted molar refractivity (Wildman–Crippen MR) is 109 cm³/mol. The molecule has 0 aliphatic rings. The fourth-order valence-electron chi connectivity index (χ4n) is 2.71. The van der Waals surface area contributed by atoms with E-state index in [9.17, 15) is 30.8 Å². The first-order valence-corrected chi connectivity index (χ1v) is 11.5. The van der Waals surface area contributed by atoms with Crippen molar-refractivity contribution in [2.75, 3.05) is 0 Å². The van der Waals surface area contributed by atoms with Gasteiger partial charge >= 0.3 is 27.3 Å². The van der Waals surface area contributed by atoms with Crippen LogP contribution in [-0.4, -0.2) is 30.1 Å². The number of rotatable bonds is 6. The van der Waals surface area contributed by atoms with Crippen LogP contribution in [0.2, 0.25) is 0 Å².